The second kappa shape index (κ2) is 4.94. The molecule has 1 heterocycles. The van der Waals surface area contributed by atoms with Crippen molar-refractivity contribution in [3.05, 3.63) is 0 Å². The van der Waals surface area contributed by atoms with Gasteiger partial charge in [-0.2, -0.15) is 0 Å². The molecule has 1 aliphatic heterocycles. The Morgan fingerprint density at radius 3 is 2.62 bits per heavy atom. The molecule has 0 radical (unpaired) electrons. The smallest absolute Gasteiger partial charge is 0.0679 e. The molecule has 1 saturated heterocycles. The first-order valence-electron chi connectivity index (χ1n) is 5.21. The van der Waals surface area contributed by atoms with Crippen LogP contribution >= 0.6 is 0 Å². The molecule has 3 nitrogen and oxygen atoms in total. The van der Waals surface area contributed by atoms with E-state index < -0.39 is 0 Å². The van der Waals surface area contributed by atoms with Crippen LogP contribution < -0.4 is 5.32 Å². The normalized spacial score (nSPS) is 27.0. The average Bonchev–Trinajstić information content (AvgIpc) is 2.46. The van der Waals surface area contributed by atoms with Crippen molar-refractivity contribution in [1.82, 2.24) is 10.2 Å². The molecule has 1 rings (SSSR count). The molecule has 0 aromatic carbocycles. The topological polar surface area (TPSA) is 35.5 Å². The molecule has 13 heavy (non-hydrogen) atoms. The lowest BCUT2D eigenvalue weighted by Gasteiger charge is -2.25. The fourth-order valence-electron chi connectivity index (χ4n) is 1.89. The first kappa shape index (κ1) is 11.0. The molecule has 0 bridgehead atoms. The van der Waals surface area contributed by atoms with Crippen molar-refractivity contribution in [3.63, 3.8) is 0 Å². The maximum atomic E-state index is 9.36. The van der Waals surface area contributed by atoms with Crippen LogP contribution in [0.15, 0.2) is 0 Å². The number of β-amino-alcohol motifs (C(OH)–C–C–N with tert-alkyl or cyclic N) is 1. The van der Waals surface area contributed by atoms with Crippen molar-refractivity contribution in [1.29, 1.82) is 0 Å². The van der Waals surface area contributed by atoms with Crippen molar-refractivity contribution in [2.45, 2.75) is 32.4 Å². The minimum Gasteiger partial charge on any atom is -0.392 e. The zero-order chi connectivity index (χ0) is 9.84. The summed E-state index contributed by atoms with van der Waals surface area (Å²) in [5.41, 5.74) is 0. The second-order valence-corrected chi connectivity index (χ2v) is 4.34. The molecule has 0 spiro atoms. The first-order valence-corrected chi connectivity index (χ1v) is 5.21. The van der Waals surface area contributed by atoms with Crippen molar-refractivity contribution in [2.24, 2.45) is 5.92 Å². The Kier molecular flexibility index (Phi) is 4.16. The van der Waals surface area contributed by atoms with Crippen LogP contribution in [0.4, 0.5) is 0 Å². The highest BCUT2D eigenvalue weighted by atomic mass is 16.3. The van der Waals surface area contributed by atoms with Crippen LogP contribution in [0.1, 0.15) is 20.3 Å². The molecule has 1 fully saturated rings. The van der Waals surface area contributed by atoms with Crippen LogP contribution in [0.2, 0.25) is 0 Å². The summed E-state index contributed by atoms with van der Waals surface area (Å²) >= 11 is 0. The summed E-state index contributed by atoms with van der Waals surface area (Å²) in [5, 5.41) is 12.7. The summed E-state index contributed by atoms with van der Waals surface area (Å²) in [6, 6.07) is 0.547. The van der Waals surface area contributed by atoms with Gasteiger partial charge in [-0.05, 0) is 19.4 Å². The summed E-state index contributed by atoms with van der Waals surface area (Å²) in [5.74, 6) is 0.655. The number of nitrogens with one attached hydrogen (secondary N) is 1. The minimum absolute atomic E-state index is 0.0929. The Labute approximate surface area is 81.1 Å². The number of nitrogens with zero attached hydrogens (tertiary/aromatic N) is 1. The standard InChI is InChI=1S/C10H22N2O/c1-8(2)10(11-3)7-12-5-4-9(13)6-12/h8-11,13H,4-7H2,1-3H3/t9-,10-/m0/s1. The summed E-state index contributed by atoms with van der Waals surface area (Å²) in [7, 11) is 2.01. The molecule has 2 atom stereocenters. The molecular formula is C10H22N2O. The average molecular weight is 186 g/mol. The first-order chi connectivity index (χ1) is 6.13. The van der Waals surface area contributed by atoms with E-state index in [4.69, 9.17) is 0 Å². The van der Waals surface area contributed by atoms with Crippen LogP contribution in [0.3, 0.4) is 0 Å². The molecule has 2 N–H and O–H groups in total. The van der Waals surface area contributed by atoms with Crippen molar-refractivity contribution in [2.75, 3.05) is 26.7 Å². The molecule has 0 unspecified atom stereocenters. The van der Waals surface area contributed by atoms with E-state index in [2.05, 4.69) is 24.1 Å². The largest absolute Gasteiger partial charge is 0.392 e. The van der Waals surface area contributed by atoms with E-state index in [1.54, 1.807) is 0 Å². The van der Waals surface area contributed by atoms with Gasteiger partial charge in [-0.25, -0.2) is 0 Å². The van der Waals surface area contributed by atoms with Gasteiger partial charge in [0.25, 0.3) is 0 Å². The lowest BCUT2D eigenvalue weighted by Crippen LogP contribution is -2.42. The zero-order valence-corrected chi connectivity index (χ0v) is 8.95. The predicted octanol–water partition coefficient (Wildman–Crippen LogP) is 0.297. The van der Waals surface area contributed by atoms with Gasteiger partial charge < -0.3 is 10.4 Å². The lowest BCUT2D eigenvalue weighted by atomic mass is 10.0. The SMILES string of the molecule is CN[C@@H](CN1CC[C@H](O)C1)C(C)C. The number of likely N-dealkylation sites (tertiary alicyclic amines) is 1. The number of rotatable bonds is 4. The molecular weight excluding hydrogens is 164 g/mol. The second-order valence-electron chi connectivity index (χ2n) is 4.34. The maximum absolute atomic E-state index is 9.36. The maximum Gasteiger partial charge on any atom is 0.0679 e. The highest BCUT2D eigenvalue weighted by molar-refractivity contribution is 4.80. The van der Waals surface area contributed by atoms with E-state index in [1.807, 2.05) is 7.05 Å². The summed E-state index contributed by atoms with van der Waals surface area (Å²) in [4.78, 5) is 2.34. The van der Waals surface area contributed by atoms with Gasteiger partial charge in [0, 0.05) is 25.7 Å². The number of hydrogen-bond donors (Lipinski definition) is 2. The third-order valence-electron chi connectivity index (χ3n) is 2.88. The third-order valence-corrected chi connectivity index (χ3v) is 2.88. The Bertz CT molecular complexity index is 150. The van der Waals surface area contributed by atoms with Gasteiger partial charge in [0.15, 0.2) is 0 Å². The molecule has 0 saturated carbocycles. The highest BCUT2D eigenvalue weighted by Gasteiger charge is 2.23. The van der Waals surface area contributed by atoms with Gasteiger partial charge in [-0.3, -0.25) is 4.90 Å². The number of aliphatic hydroxyl groups excluding tert-OH is 1. The predicted molar refractivity (Wildman–Crippen MR) is 54.7 cm³/mol. The Morgan fingerprint density at radius 2 is 2.23 bits per heavy atom. The summed E-state index contributed by atoms with van der Waals surface area (Å²) in [6.07, 6.45) is 0.846. The van der Waals surface area contributed by atoms with Crippen LogP contribution in [-0.4, -0.2) is 48.8 Å². The molecule has 78 valence electrons. The van der Waals surface area contributed by atoms with Crippen molar-refractivity contribution in [3.8, 4) is 0 Å². The van der Waals surface area contributed by atoms with Crippen LogP contribution in [0.5, 0.6) is 0 Å². The fourth-order valence-corrected chi connectivity index (χ4v) is 1.89. The Balaban J connectivity index is 2.30. The molecule has 3 heteroatoms. The monoisotopic (exact) mass is 186 g/mol. The Morgan fingerprint density at radius 1 is 1.54 bits per heavy atom. The Hall–Kier alpha value is -0.120. The number of aliphatic hydroxyl groups is 1. The third kappa shape index (κ3) is 3.25. The van der Waals surface area contributed by atoms with E-state index in [-0.39, 0.29) is 6.10 Å². The van der Waals surface area contributed by atoms with E-state index in [0.29, 0.717) is 12.0 Å². The van der Waals surface area contributed by atoms with E-state index in [0.717, 1.165) is 26.1 Å². The van der Waals surface area contributed by atoms with Crippen LogP contribution in [0.25, 0.3) is 0 Å². The van der Waals surface area contributed by atoms with Gasteiger partial charge >= 0.3 is 0 Å². The van der Waals surface area contributed by atoms with E-state index in [1.165, 1.54) is 0 Å². The van der Waals surface area contributed by atoms with E-state index >= 15 is 0 Å². The molecule has 0 aliphatic carbocycles. The highest BCUT2D eigenvalue weighted by Crippen LogP contribution is 2.11. The quantitative estimate of drug-likeness (QED) is 0.663. The van der Waals surface area contributed by atoms with Crippen molar-refractivity contribution < 1.29 is 5.11 Å². The van der Waals surface area contributed by atoms with Gasteiger partial charge in [0.1, 0.15) is 0 Å². The lowest BCUT2D eigenvalue weighted by molar-refractivity contribution is 0.169. The van der Waals surface area contributed by atoms with Crippen LogP contribution in [0, 0.1) is 5.92 Å². The fraction of sp³-hybridized carbons (Fsp3) is 1.00. The summed E-state index contributed by atoms with van der Waals surface area (Å²) < 4.78 is 0. The van der Waals surface area contributed by atoms with Crippen molar-refractivity contribution >= 4 is 0 Å². The van der Waals surface area contributed by atoms with Crippen LogP contribution in [-0.2, 0) is 0 Å². The molecule has 0 aromatic rings. The number of hydrogen-bond acceptors (Lipinski definition) is 3. The number of likely N-dealkylation sites (N-methyl/N-ethyl adjacent to an activating group) is 1. The van der Waals surface area contributed by atoms with Gasteiger partial charge in [0.05, 0.1) is 6.10 Å². The zero-order valence-electron chi connectivity index (χ0n) is 8.95. The summed E-state index contributed by atoms with van der Waals surface area (Å²) in [6.45, 7) is 7.42. The van der Waals surface area contributed by atoms with Gasteiger partial charge in [-0.1, -0.05) is 13.8 Å². The van der Waals surface area contributed by atoms with Gasteiger partial charge in [-0.15, -0.1) is 0 Å². The molecule has 0 amide bonds. The molecule has 1 aliphatic rings. The van der Waals surface area contributed by atoms with Gasteiger partial charge in [0.2, 0.25) is 0 Å². The van der Waals surface area contributed by atoms with E-state index in [9.17, 15) is 5.11 Å². The minimum atomic E-state index is -0.0929. The molecule has 0 aromatic heterocycles.